The molecule has 2 aromatic heterocycles. The first kappa shape index (κ1) is 20.9. The summed E-state index contributed by atoms with van der Waals surface area (Å²) in [7, 11) is 0. The Labute approximate surface area is 182 Å². The molecule has 3 heterocycles. The SMILES string of the molecule is O=C(O)COC[C@H](O)[C@@H]1CCCN1c1cc(-n2ccnc2)c2ccc(Cl)c(Cl)c2n1. The van der Waals surface area contributed by atoms with Crippen LogP contribution in [0.1, 0.15) is 12.8 Å². The highest BCUT2D eigenvalue weighted by molar-refractivity contribution is 6.45. The monoisotopic (exact) mass is 450 g/mol. The average Bonchev–Trinajstić information content (AvgIpc) is 3.42. The molecule has 8 nitrogen and oxygen atoms in total. The highest BCUT2D eigenvalue weighted by Crippen LogP contribution is 2.36. The molecular weight excluding hydrogens is 431 g/mol. The minimum atomic E-state index is -1.07. The number of ether oxygens (including phenoxy) is 1. The number of anilines is 1. The molecule has 0 radical (unpaired) electrons. The smallest absolute Gasteiger partial charge is 0.329 e. The number of imidazole rings is 1. The zero-order chi connectivity index (χ0) is 21.3. The molecule has 4 rings (SSSR count). The first-order valence-electron chi connectivity index (χ1n) is 9.47. The molecule has 1 saturated heterocycles. The number of aliphatic hydroxyl groups is 1. The number of carbonyl (C=O) groups is 1. The zero-order valence-corrected chi connectivity index (χ0v) is 17.4. The number of rotatable bonds is 7. The van der Waals surface area contributed by atoms with Crippen molar-refractivity contribution in [3.8, 4) is 5.69 Å². The van der Waals surface area contributed by atoms with Gasteiger partial charge in [0.15, 0.2) is 0 Å². The predicted molar refractivity (Wildman–Crippen MR) is 114 cm³/mol. The summed E-state index contributed by atoms with van der Waals surface area (Å²) in [4.78, 5) is 21.6. The van der Waals surface area contributed by atoms with E-state index in [1.54, 1.807) is 18.6 Å². The number of carboxylic acids is 1. The van der Waals surface area contributed by atoms with Gasteiger partial charge in [-0.05, 0) is 25.0 Å². The van der Waals surface area contributed by atoms with Crippen LogP contribution in [-0.2, 0) is 9.53 Å². The van der Waals surface area contributed by atoms with Gasteiger partial charge in [-0.1, -0.05) is 23.2 Å². The summed E-state index contributed by atoms with van der Waals surface area (Å²) in [6, 6.07) is 5.27. The maximum atomic E-state index is 10.7. The summed E-state index contributed by atoms with van der Waals surface area (Å²) in [5, 5.41) is 20.9. The van der Waals surface area contributed by atoms with Crippen molar-refractivity contribution in [2.75, 3.05) is 24.7 Å². The Hall–Kier alpha value is -2.39. The second-order valence-electron chi connectivity index (χ2n) is 7.11. The fourth-order valence-corrected chi connectivity index (χ4v) is 4.18. The highest BCUT2D eigenvalue weighted by Gasteiger charge is 2.32. The van der Waals surface area contributed by atoms with E-state index in [9.17, 15) is 9.90 Å². The van der Waals surface area contributed by atoms with Crippen LogP contribution >= 0.6 is 23.2 Å². The van der Waals surface area contributed by atoms with Gasteiger partial charge in [0.2, 0.25) is 0 Å². The molecule has 1 aliphatic rings. The first-order valence-corrected chi connectivity index (χ1v) is 10.2. The molecule has 10 heteroatoms. The van der Waals surface area contributed by atoms with Crippen LogP contribution in [0, 0.1) is 0 Å². The normalized spacial score (nSPS) is 17.6. The van der Waals surface area contributed by atoms with Gasteiger partial charge in [0.25, 0.3) is 0 Å². The second-order valence-corrected chi connectivity index (χ2v) is 7.89. The third-order valence-electron chi connectivity index (χ3n) is 5.17. The first-order chi connectivity index (χ1) is 14.5. The van der Waals surface area contributed by atoms with Crippen LogP contribution < -0.4 is 4.90 Å². The summed E-state index contributed by atoms with van der Waals surface area (Å²) < 4.78 is 6.96. The van der Waals surface area contributed by atoms with Gasteiger partial charge < -0.3 is 24.4 Å². The second kappa shape index (κ2) is 8.77. The minimum absolute atomic E-state index is 0.0675. The maximum absolute atomic E-state index is 10.7. The lowest BCUT2D eigenvalue weighted by atomic mass is 10.1. The summed E-state index contributed by atoms with van der Waals surface area (Å²) in [5.41, 5.74) is 1.40. The Kier molecular flexibility index (Phi) is 6.10. The number of aliphatic carboxylic acids is 1. The van der Waals surface area contributed by atoms with E-state index in [4.69, 9.17) is 38.0 Å². The van der Waals surface area contributed by atoms with Gasteiger partial charge >= 0.3 is 5.97 Å². The molecule has 0 saturated carbocycles. The van der Waals surface area contributed by atoms with E-state index in [2.05, 4.69) is 4.98 Å². The number of hydrogen-bond acceptors (Lipinski definition) is 6. The van der Waals surface area contributed by atoms with Gasteiger partial charge in [-0.2, -0.15) is 0 Å². The lowest BCUT2D eigenvalue weighted by molar-refractivity contribution is -0.143. The standard InChI is InChI=1S/C20H20Cl2N4O4/c21-13-4-3-12-15(25-7-5-23-11-25)8-17(24-20(12)19(13)22)26-6-1-2-14(26)16(27)9-30-10-18(28)29/h3-5,7-8,11,14,16,27H,1-2,6,9-10H2,(H,28,29)/t14-,16-/m0/s1. The van der Waals surface area contributed by atoms with Crippen LogP contribution in [0.3, 0.4) is 0 Å². The molecule has 1 fully saturated rings. The van der Waals surface area contributed by atoms with Gasteiger partial charge in [-0.15, -0.1) is 0 Å². The molecule has 0 aliphatic carbocycles. The van der Waals surface area contributed by atoms with Gasteiger partial charge in [0, 0.05) is 30.4 Å². The van der Waals surface area contributed by atoms with Crippen LogP contribution in [0.25, 0.3) is 16.6 Å². The fraction of sp³-hybridized carbons (Fsp3) is 0.350. The Morgan fingerprint density at radius 2 is 2.20 bits per heavy atom. The number of aliphatic hydroxyl groups excluding tert-OH is 1. The Bertz CT molecular complexity index is 1060. The van der Waals surface area contributed by atoms with E-state index >= 15 is 0 Å². The number of carboxylic acid groups (broad SMARTS) is 1. The summed E-state index contributed by atoms with van der Waals surface area (Å²) in [6.07, 6.45) is 5.96. The minimum Gasteiger partial charge on any atom is -0.480 e. The van der Waals surface area contributed by atoms with Crippen molar-refractivity contribution in [2.45, 2.75) is 25.0 Å². The van der Waals surface area contributed by atoms with Crippen molar-refractivity contribution in [1.82, 2.24) is 14.5 Å². The van der Waals surface area contributed by atoms with Crippen LogP contribution in [0.4, 0.5) is 5.82 Å². The highest BCUT2D eigenvalue weighted by atomic mass is 35.5. The number of aromatic nitrogens is 3. The van der Waals surface area contributed by atoms with Crippen molar-refractivity contribution in [2.24, 2.45) is 0 Å². The largest absolute Gasteiger partial charge is 0.480 e. The van der Waals surface area contributed by atoms with Crippen LogP contribution in [0.5, 0.6) is 0 Å². The van der Waals surface area contributed by atoms with E-state index in [1.165, 1.54) is 0 Å². The number of hydrogen-bond donors (Lipinski definition) is 2. The third kappa shape index (κ3) is 4.09. The lowest BCUT2D eigenvalue weighted by Gasteiger charge is -2.30. The van der Waals surface area contributed by atoms with Gasteiger partial charge in [-0.25, -0.2) is 14.8 Å². The third-order valence-corrected chi connectivity index (χ3v) is 5.97. The molecule has 2 atom stereocenters. The molecule has 0 bridgehead atoms. The molecule has 0 unspecified atom stereocenters. The maximum Gasteiger partial charge on any atom is 0.329 e. The topological polar surface area (TPSA) is 101 Å². The van der Waals surface area contributed by atoms with E-state index in [-0.39, 0.29) is 12.6 Å². The Balaban J connectivity index is 1.73. The van der Waals surface area contributed by atoms with Crippen LogP contribution in [0.2, 0.25) is 10.0 Å². The summed E-state index contributed by atoms with van der Waals surface area (Å²) in [5.74, 6) is -0.423. The van der Waals surface area contributed by atoms with E-state index in [1.807, 2.05) is 27.8 Å². The van der Waals surface area contributed by atoms with Crippen molar-refractivity contribution in [1.29, 1.82) is 0 Å². The number of fused-ring (bicyclic) bond motifs is 1. The molecule has 158 valence electrons. The molecule has 0 spiro atoms. The fourth-order valence-electron chi connectivity index (χ4n) is 3.82. The van der Waals surface area contributed by atoms with Crippen LogP contribution in [-0.4, -0.2) is 62.6 Å². The van der Waals surface area contributed by atoms with Crippen LogP contribution in [0.15, 0.2) is 36.9 Å². The summed E-state index contributed by atoms with van der Waals surface area (Å²) in [6.45, 7) is 0.180. The number of pyridine rings is 1. The van der Waals surface area contributed by atoms with Crippen molar-refractivity contribution < 1.29 is 19.7 Å². The predicted octanol–water partition coefficient (Wildman–Crippen LogP) is 3.16. The average molecular weight is 451 g/mol. The van der Waals surface area contributed by atoms with Gasteiger partial charge in [-0.3, -0.25) is 0 Å². The molecule has 2 N–H and O–H groups in total. The Morgan fingerprint density at radius 3 is 2.93 bits per heavy atom. The number of halogens is 2. The van der Waals surface area contributed by atoms with E-state index in [0.717, 1.165) is 23.9 Å². The molecule has 0 amide bonds. The molecule has 30 heavy (non-hydrogen) atoms. The van der Waals surface area contributed by atoms with Gasteiger partial charge in [0.05, 0.1) is 46.3 Å². The number of benzene rings is 1. The summed E-state index contributed by atoms with van der Waals surface area (Å²) >= 11 is 12.7. The molecule has 1 aromatic carbocycles. The van der Waals surface area contributed by atoms with E-state index < -0.39 is 18.7 Å². The Morgan fingerprint density at radius 1 is 1.37 bits per heavy atom. The lowest BCUT2D eigenvalue weighted by Crippen LogP contribution is -2.42. The van der Waals surface area contributed by atoms with Crippen molar-refractivity contribution in [3.63, 3.8) is 0 Å². The molecular formula is C20H20Cl2N4O4. The van der Waals surface area contributed by atoms with Crippen molar-refractivity contribution >= 4 is 45.9 Å². The molecule has 3 aromatic rings. The zero-order valence-electron chi connectivity index (χ0n) is 15.9. The number of nitrogens with zero attached hydrogens (tertiary/aromatic N) is 4. The van der Waals surface area contributed by atoms with E-state index in [0.29, 0.717) is 27.9 Å². The van der Waals surface area contributed by atoms with Gasteiger partial charge in [0.1, 0.15) is 12.4 Å². The molecule has 1 aliphatic heterocycles. The van der Waals surface area contributed by atoms with Crippen molar-refractivity contribution in [3.05, 3.63) is 47.0 Å². The quantitative estimate of drug-likeness (QED) is 0.569.